The molecule has 14 heteroatoms. The number of nitrogens with zero attached hydrogens (tertiary/aromatic N) is 2. The van der Waals surface area contributed by atoms with Gasteiger partial charge in [-0.15, -0.1) is 0 Å². The monoisotopic (exact) mass is 524 g/mol. The average Bonchev–Trinajstić information content (AvgIpc) is 3.19. The number of carbonyl (C=O) groups is 4. The zero-order chi connectivity index (χ0) is 25.7. The van der Waals surface area contributed by atoms with Crippen molar-refractivity contribution in [2.75, 3.05) is 25.6 Å². The molecule has 1 aliphatic rings. The molecule has 0 saturated carbocycles. The topological polar surface area (TPSA) is 157 Å². The van der Waals surface area contributed by atoms with E-state index in [9.17, 15) is 29.3 Å². The molecule has 0 unspecified atom stereocenters. The van der Waals surface area contributed by atoms with Gasteiger partial charge in [-0.3, -0.25) is 39.7 Å². The van der Waals surface area contributed by atoms with Gasteiger partial charge in [-0.1, -0.05) is 23.2 Å². The van der Waals surface area contributed by atoms with Gasteiger partial charge in [0.15, 0.2) is 6.61 Å². The van der Waals surface area contributed by atoms with E-state index in [0.717, 1.165) is 11.1 Å². The van der Waals surface area contributed by atoms with E-state index < -0.39 is 41.1 Å². The van der Waals surface area contributed by atoms with Crippen LogP contribution in [0.25, 0.3) is 0 Å². The van der Waals surface area contributed by atoms with Crippen molar-refractivity contribution in [3.05, 3.63) is 62.1 Å². The molecule has 0 aromatic heterocycles. The van der Waals surface area contributed by atoms with Crippen LogP contribution in [0, 0.1) is 16.0 Å². The van der Waals surface area contributed by atoms with Crippen molar-refractivity contribution in [2.24, 2.45) is 5.92 Å². The molecule has 12 nitrogen and oxygen atoms in total. The van der Waals surface area contributed by atoms with E-state index in [4.69, 9.17) is 32.7 Å². The molecule has 1 aliphatic heterocycles. The van der Waals surface area contributed by atoms with Crippen LogP contribution in [0.3, 0.4) is 0 Å². The predicted molar refractivity (Wildman–Crippen MR) is 123 cm³/mol. The Morgan fingerprint density at radius 3 is 2.57 bits per heavy atom. The van der Waals surface area contributed by atoms with Gasteiger partial charge in [0, 0.05) is 24.1 Å². The summed E-state index contributed by atoms with van der Waals surface area (Å²) in [5, 5.41) is 14.8. The molecule has 184 valence electrons. The highest BCUT2D eigenvalue weighted by Gasteiger charge is 2.37. The number of rotatable bonds is 8. The summed E-state index contributed by atoms with van der Waals surface area (Å²) in [6, 6.07) is 7.94. The second-order valence-corrected chi connectivity index (χ2v) is 8.09. The van der Waals surface area contributed by atoms with E-state index in [-0.39, 0.29) is 45.7 Å². The van der Waals surface area contributed by atoms with Gasteiger partial charge in [0.05, 0.1) is 34.5 Å². The number of nitro benzene ring substituents is 1. The lowest BCUT2D eigenvalue weighted by Crippen LogP contribution is -2.43. The normalized spacial score (nSPS) is 14.9. The highest BCUT2D eigenvalue weighted by molar-refractivity contribution is 6.42. The van der Waals surface area contributed by atoms with Crippen LogP contribution in [0.15, 0.2) is 36.4 Å². The minimum absolute atomic E-state index is 0.136. The van der Waals surface area contributed by atoms with Crippen LogP contribution < -0.4 is 15.5 Å². The molecule has 1 fully saturated rings. The number of nitrogens with one attached hydrogen (secondary N) is 2. The van der Waals surface area contributed by atoms with Gasteiger partial charge in [-0.25, -0.2) is 0 Å². The van der Waals surface area contributed by atoms with Crippen molar-refractivity contribution in [2.45, 2.75) is 6.42 Å². The van der Waals surface area contributed by atoms with E-state index in [1.807, 2.05) is 0 Å². The first-order valence-corrected chi connectivity index (χ1v) is 10.7. The first-order chi connectivity index (χ1) is 16.6. The third-order valence-corrected chi connectivity index (χ3v) is 5.64. The summed E-state index contributed by atoms with van der Waals surface area (Å²) < 4.78 is 9.94. The van der Waals surface area contributed by atoms with E-state index in [2.05, 4.69) is 10.7 Å². The molecule has 3 rings (SSSR count). The Labute approximate surface area is 208 Å². The first kappa shape index (κ1) is 25.7. The smallest absolute Gasteiger partial charge is 0.311 e. The predicted octanol–water partition coefficient (Wildman–Crippen LogP) is 2.59. The number of hydrogen-bond acceptors (Lipinski definition) is 8. The molecule has 0 bridgehead atoms. The van der Waals surface area contributed by atoms with Crippen molar-refractivity contribution in [1.82, 2.24) is 10.4 Å². The van der Waals surface area contributed by atoms with E-state index in [1.54, 1.807) is 0 Å². The molecule has 0 aliphatic carbocycles. The van der Waals surface area contributed by atoms with Crippen molar-refractivity contribution in [1.29, 1.82) is 0 Å². The zero-order valence-corrected chi connectivity index (χ0v) is 19.6. The lowest BCUT2D eigenvalue weighted by Gasteiger charge is -2.17. The molecule has 1 saturated heterocycles. The maximum absolute atomic E-state index is 12.4. The van der Waals surface area contributed by atoms with Crippen LogP contribution in [0.5, 0.6) is 5.75 Å². The van der Waals surface area contributed by atoms with Crippen molar-refractivity contribution < 1.29 is 33.6 Å². The maximum atomic E-state index is 12.4. The minimum Gasteiger partial charge on any atom is -0.497 e. The fraction of sp³-hybridized carbons (Fsp3) is 0.238. The zero-order valence-electron chi connectivity index (χ0n) is 18.1. The van der Waals surface area contributed by atoms with E-state index in [1.165, 1.54) is 37.4 Å². The number of hydrazine groups is 1. The summed E-state index contributed by atoms with van der Waals surface area (Å²) in [6.07, 6.45) is -0.247. The molecule has 1 heterocycles. The van der Waals surface area contributed by atoms with Crippen molar-refractivity contribution in [3.63, 3.8) is 0 Å². The molecular weight excluding hydrogens is 507 g/mol. The third kappa shape index (κ3) is 6.37. The van der Waals surface area contributed by atoms with Crippen molar-refractivity contribution >= 4 is 58.3 Å². The third-order valence-electron chi connectivity index (χ3n) is 4.90. The number of ether oxygens (including phenoxy) is 2. The summed E-state index contributed by atoms with van der Waals surface area (Å²) >= 11 is 11.7. The highest BCUT2D eigenvalue weighted by Crippen LogP contribution is 2.29. The second-order valence-electron chi connectivity index (χ2n) is 7.27. The summed E-state index contributed by atoms with van der Waals surface area (Å²) in [7, 11) is 1.35. The van der Waals surface area contributed by atoms with Gasteiger partial charge in [-0.05, 0) is 24.3 Å². The standard InChI is InChI=1S/C21H18Cl2N4O8/c1-34-13-3-5-17(27(32)33)16(8-13)24-18(28)10-35-21(31)12-7-19(29)26(9-12)25-20(30)11-2-4-14(22)15(23)6-11/h2-6,8,12H,7,9-10H2,1H3,(H,24,28)(H,25,30)/t12-/m1/s1. The van der Waals surface area contributed by atoms with Gasteiger partial charge < -0.3 is 14.8 Å². The molecular formula is C21H18Cl2N4O8. The minimum atomic E-state index is -0.935. The van der Waals surface area contributed by atoms with Gasteiger partial charge in [0.25, 0.3) is 17.5 Å². The Kier molecular flexibility index (Phi) is 8.10. The molecule has 2 aromatic rings. The number of methoxy groups -OCH3 is 1. The van der Waals surface area contributed by atoms with Crippen LogP contribution in [0.4, 0.5) is 11.4 Å². The Bertz CT molecular complexity index is 1210. The van der Waals surface area contributed by atoms with Gasteiger partial charge in [-0.2, -0.15) is 0 Å². The summed E-state index contributed by atoms with van der Waals surface area (Å²) in [5.74, 6) is -3.50. The van der Waals surface area contributed by atoms with Crippen LogP contribution in [0.2, 0.25) is 10.0 Å². The molecule has 2 aromatic carbocycles. The van der Waals surface area contributed by atoms with Gasteiger partial charge >= 0.3 is 5.97 Å². The number of nitro groups is 1. The van der Waals surface area contributed by atoms with Gasteiger partial charge in [0.2, 0.25) is 5.91 Å². The molecule has 0 spiro atoms. The molecule has 35 heavy (non-hydrogen) atoms. The van der Waals surface area contributed by atoms with Crippen LogP contribution in [-0.4, -0.2) is 53.9 Å². The Morgan fingerprint density at radius 1 is 1.17 bits per heavy atom. The molecule has 3 amide bonds. The maximum Gasteiger partial charge on any atom is 0.311 e. The number of hydrogen-bond donors (Lipinski definition) is 2. The van der Waals surface area contributed by atoms with Crippen molar-refractivity contribution in [3.8, 4) is 5.75 Å². The number of amides is 3. The quantitative estimate of drug-likeness (QED) is 0.303. The Balaban J connectivity index is 1.54. The summed E-state index contributed by atoms with van der Waals surface area (Å²) in [6.45, 7) is -0.915. The fourth-order valence-electron chi connectivity index (χ4n) is 3.14. The number of benzene rings is 2. The fourth-order valence-corrected chi connectivity index (χ4v) is 3.44. The number of esters is 1. The average molecular weight is 525 g/mol. The largest absolute Gasteiger partial charge is 0.497 e. The lowest BCUT2D eigenvalue weighted by molar-refractivity contribution is -0.383. The van der Waals surface area contributed by atoms with Crippen LogP contribution >= 0.6 is 23.2 Å². The van der Waals surface area contributed by atoms with E-state index in [0.29, 0.717) is 0 Å². The Hall–Kier alpha value is -3.90. The SMILES string of the molecule is COc1ccc([N+](=O)[O-])c(NC(=O)COC(=O)[C@@H]2CC(=O)N(NC(=O)c3ccc(Cl)c(Cl)c3)C2)c1. The number of halogens is 2. The Morgan fingerprint density at radius 2 is 1.91 bits per heavy atom. The second kappa shape index (κ2) is 11.0. The lowest BCUT2D eigenvalue weighted by atomic mass is 10.1. The molecule has 2 N–H and O–H groups in total. The van der Waals surface area contributed by atoms with Crippen LogP contribution in [0.1, 0.15) is 16.8 Å². The summed E-state index contributed by atoms with van der Waals surface area (Å²) in [4.78, 5) is 59.6. The first-order valence-electron chi connectivity index (χ1n) is 9.94. The molecule has 1 atom stereocenters. The van der Waals surface area contributed by atoms with Crippen LogP contribution in [-0.2, 0) is 19.1 Å². The molecule has 0 radical (unpaired) electrons. The number of carbonyl (C=O) groups excluding carboxylic acids is 4. The highest BCUT2D eigenvalue weighted by atomic mass is 35.5. The van der Waals surface area contributed by atoms with Gasteiger partial charge in [0.1, 0.15) is 11.4 Å². The number of anilines is 1. The van der Waals surface area contributed by atoms with E-state index >= 15 is 0 Å². The summed E-state index contributed by atoms with van der Waals surface area (Å²) in [5.41, 5.74) is 2.02.